The summed E-state index contributed by atoms with van der Waals surface area (Å²) in [6.07, 6.45) is 1.49. The average Bonchev–Trinajstić information content (AvgIpc) is 2.73. The van der Waals surface area contributed by atoms with E-state index in [9.17, 15) is 9.90 Å². The van der Waals surface area contributed by atoms with Crippen LogP contribution in [0.25, 0.3) is 11.1 Å². The lowest BCUT2D eigenvalue weighted by molar-refractivity contribution is -0.107. The maximum Gasteiger partial charge on any atom is 0.213 e. The van der Waals surface area contributed by atoms with Crippen molar-refractivity contribution in [2.24, 2.45) is 0 Å². The fraction of sp³-hybridized carbons (Fsp3) is 0.174. The third-order valence-electron chi connectivity index (χ3n) is 4.64. The molecule has 1 N–H and O–H groups in total. The summed E-state index contributed by atoms with van der Waals surface area (Å²) in [5.41, 5.74) is 4.24. The molecule has 28 heavy (non-hydrogen) atoms. The Morgan fingerprint density at radius 3 is 2.21 bits per heavy atom. The highest BCUT2D eigenvalue weighted by Gasteiger charge is 2.17. The number of benzene rings is 3. The highest BCUT2D eigenvalue weighted by atomic mass is 16.5. The third kappa shape index (κ3) is 3.93. The minimum atomic E-state index is 0.0510. The molecule has 1 amide bonds. The van der Waals surface area contributed by atoms with Gasteiger partial charge in [-0.25, -0.2) is 0 Å². The number of phenols is 1. The minimum absolute atomic E-state index is 0.0510. The van der Waals surface area contributed by atoms with Gasteiger partial charge in [0, 0.05) is 24.2 Å². The molecule has 0 aromatic heterocycles. The van der Waals surface area contributed by atoms with E-state index in [0.29, 0.717) is 22.7 Å². The third-order valence-corrected chi connectivity index (χ3v) is 4.64. The van der Waals surface area contributed by atoms with Gasteiger partial charge < -0.3 is 19.5 Å². The van der Waals surface area contributed by atoms with Gasteiger partial charge in [-0.05, 0) is 35.7 Å². The molecule has 0 saturated heterocycles. The second-order valence-corrected chi connectivity index (χ2v) is 6.45. The molecular formula is C23H23NO4. The summed E-state index contributed by atoms with van der Waals surface area (Å²) in [5, 5.41) is 10.6. The van der Waals surface area contributed by atoms with Crippen LogP contribution in [0.15, 0.2) is 60.7 Å². The smallest absolute Gasteiger partial charge is 0.213 e. The second-order valence-electron chi connectivity index (χ2n) is 6.45. The van der Waals surface area contributed by atoms with Gasteiger partial charge >= 0.3 is 0 Å². The van der Waals surface area contributed by atoms with Crippen molar-refractivity contribution in [3.8, 4) is 28.4 Å². The zero-order chi connectivity index (χ0) is 20.1. The van der Waals surface area contributed by atoms with E-state index in [-0.39, 0.29) is 5.75 Å². The fourth-order valence-corrected chi connectivity index (χ4v) is 3.19. The van der Waals surface area contributed by atoms with Crippen LogP contribution in [-0.2, 0) is 11.2 Å². The Hall–Kier alpha value is -3.47. The normalized spacial score (nSPS) is 10.4. The largest absolute Gasteiger partial charge is 0.507 e. The van der Waals surface area contributed by atoms with Gasteiger partial charge in [-0.3, -0.25) is 4.79 Å². The van der Waals surface area contributed by atoms with Crippen molar-refractivity contribution in [1.82, 2.24) is 0 Å². The van der Waals surface area contributed by atoms with Crippen LogP contribution < -0.4 is 14.4 Å². The van der Waals surface area contributed by atoms with Crippen LogP contribution in [0.5, 0.6) is 17.2 Å². The predicted octanol–water partition coefficient (Wildman–Crippen LogP) is 4.26. The van der Waals surface area contributed by atoms with Crippen LogP contribution in [0.4, 0.5) is 5.69 Å². The molecule has 3 aromatic carbocycles. The first kappa shape index (κ1) is 19.3. The number of ether oxygens (including phenoxy) is 2. The van der Waals surface area contributed by atoms with Gasteiger partial charge in [-0.2, -0.15) is 0 Å². The molecule has 0 fully saturated rings. The number of phenolic OH excluding ortho intramolecular Hbond substituents is 1. The Bertz CT molecular complexity index is 970. The molecule has 0 heterocycles. The quantitative estimate of drug-likeness (QED) is 0.625. The lowest BCUT2D eigenvalue weighted by atomic mass is 9.96. The number of aromatic hydroxyl groups is 1. The molecule has 5 nitrogen and oxygen atoms in total. The molecule has 0 atom stereocenters. The summed E-state index contributed by atoms with van der Waals surface area (Å²) in [7, 11) is 4.74. The number of carbonyl (C=O) groups is 1. The van der Waals surface area contributed by atoms with Crippen LogP contribution in [0.1, 0.15) is 11.1 Å². The molecule has 0 aliphatic carbocycles. The van der Waals surface area contributed by atoms with Crippen molar-refractivity contribution in [3.63, 3.8) is 0 Å². The SMILES string of the molecule is COc1cc(O)c(-c2cc(Cc3ccccc3)ccc2N(C)C=O)cc1OC. The Morgan fingerprint density at radius 2 is 1.57 bits per heavy atom. The predicted molar refractivity (Wildman–Crippen MR) is 110 cm³/mol. The van der Waals surface area contributed by atoms with Gasteiger partial charge in [0.05, 0.1) is 19.9 Å². The number of amides is 1. The van der Waals surface area contributed by atoms with Gasteiger partial charge in [0.2, 0.25) is 6.41 Å². The summed E-state index contributed by atoms with van der Waals surface area (Å²) < 4.78 is 10.6. The minimum Gasteiger partial charge on any atom is -0.507 e. The van der Waals surface area contributed by atoms with Gasteiger partial charge in [-0.15, -0.1) is 0 Å². The number of hydrogen-bond acceptors (Lipinski definition) is 4. The first-order valence-electron chi connectivity index (χ1n) is 8.87. The summed E-state index contributed by atoms with van der Waals surface area (Å²) in [5.74, 6) is 0.994. The number of anilines is 1. The van der Waals surface area contributed by atoms with Gasteiger partial charge in [0.25, 0.3) is 0 Å². The Balaban J connectivity index is 2.14. The van der Waals surface area contributed by atoms with Gasteiger partial charge in [0.15, 0.2) is 11.5 Å². The monoisotopic (exact) mass is 377 g/mol. The van der Waals surface area contributed by atoms with Crippen molar-refractivity contribution in [2.45, 2.75) is 6.42 Å². The van der Waals surface area contributed by atoms with E-state index >= 15 is 0 Å². The molecule has 3 rings (SSSR count). The molecule has 0 spiro atoms. The molecule has 0 saturated carbocycles. The zero-order valence-corrected chi connectivity index (χ0v) is 16.2. The topological polar surface area (TPSA) is 59.0 Å². The summed E-state index contributed by atoms with van der Waals surface area (Å²) >= 11 is 0. The van der Waals surface area contributed by atoms with Crippen molar-refractivity contribution in [3.05, 3.63) is 71.8 Å². The van der Waals surface area contributed by atoms with Crippen LogP contribution in [-0.4, -0.2) is 32.8 Å². The average molecular weight is 377 g/mol. The van der Waals surface area contributed by atoms with E-state index in [0.717, 1.165) is 24.0 Å². The molecule has 5 heteroatoms. The van der Waals surface area contributed by atoms with Crippen molar-refractivity contribution in [2.75, 3.05) is 26.2 Å². The first-order chi connectivity index (χ1) is 13.6. The summed E-state index contributed by atoms with van der Waals surface area (Å²) in [6.45, 7) is 0. The molecule has 0 aliphatic rings. The molecule has 144 valence electrons. The molecule has 0 bridgehead atoms. The van der Waals surface area contributed by atoms with E-state index in [1.54, 1.807) is 20.2 Å². The van der Waals surface area contributed by atoms with Crippen LogP contribution >= 0.6 is 0 Å². The lowest BCUT2D eigenvalue weighted by Crippen LogP contribution is -2.15. The molecule has 0 aliphatic heterocycles. The Labute approximate surface area is 164 Å². The van der Waals surface area contributed by atoms with E-state index in [4.69, 9.17) is 9.47 Å². The lowest BCUT2D eigenvalue weighted by Gasteiger charge is -2.19. The van der Waals surface area contributed by atoms with Gasteiger partial charge in [0.1, 0.15) is 5.75 Å². The molecule has 0 radical (unpaired) electrons. The highest BCUT2D eigenvalue weighted by Crippen LogP contribution is 2.43. The second kappa shape index (κ2) is 8.48. The Kier molecular flexibility index (Phi) is 5.84. The molecule has 3 aromatic rings. The first-order valence-corrected chi connectivity index (χ1v) is 8.87. The number of rotatable bonds is 7. The molecular weight excluding hydrogens is 354 g/mol. The number of nitrogens with zero attached hydrogens (tertiary/aromatic N) is 1. The number of methoxy groups -OCH3 is 2. The van der Waals surface area contributed by atoms with E-state index in [2.05, 4.69) is 12.1 Å². The van der Waals surface area contributed by atoms with Crippen molar-refractivity contribution >= 4 is 12.1 Å². The van der Waals surface area contributed by atoms with E-state index in [1.165, 1.54) is 23.6 Å². The van der Waals surface area contributed by atoms with Crippen LogP contribution in [0, 0.1) is 0 Å². The van der Waals surface area contributed by atoms with Crippen molar-refractivity contribution < 1.29 is 19.4 Å². The fourth-order valence-electron chi connectivity index (χ4n) is 3.19. The zero-order valence-electron chi connectivity index (χ0n) is 16.2. The summed E-state index contributed by atoms with van der Waals surface area (Å²) in [4.78, 5) is 12.9. The maximum absolute atomic E-state index is 11.4. The van der Waals surface area contributed by atoms with Crippen LogP contribution in [0.3, 0.4) is 0 Å². The maximum atomic E-state index is 11.4. The van der Waals surface area contributed by atoms with E-state index < -0.39 is 0 Å². The molecule has 0 unspecified atom stereocenters. The Morgan fingerprint density at radius 1 is 0.893 bits per heavy atom. The van der Waals surface area contributed by atoms with Gasteiger partial charge in [-0.1, -0.05) is 36.4 Å². The van der Waals surface area contributed by atoms with E-state index in [1.807, 2.05) is 36.4 Å². The highest BCUT2D eigenvalue weighted by molar-refractivity contribution is 5.89. The number of carbonyl (C=O) groups excluding carboxylic acids is 1. The van der Waals surface area contributed by atoms with Crippen LogP contribution in [0.2, 0.25) is 0 Å². The number of hydrogen-bond donors (Lipinski definition) is 1. The standard InChI is InChI=1S/C23H23NO4/c1-24(15-25)20-10-9-17(11-16-7-5-4-6-8-16)12-18(20)19-13-22(27-2)23(28-3)14-21(19)26/h4-10,12-15,26H,11H2,1-3H3. The van der Waals surface area contributed by atoms with Crippen molar-refractivity contribution in [1.29, 1.82) is 0 Å². The summed E-state index contributed by atoms with van der Waals surface area (Å²) in [6, 6.07) is 19.2.